The van der Waals surface area contributed by atoms with Crippen LogP contribution in [0, 0.1) is 0 Å². The Kier molecular flexibility index (Phi) is 0.500. The van der Waals surface area contributed by atoms with E-state index in [9.17, 15) is 0 Å². The van der Waals surface area contributed by atoms with E-state index in [1.54, 1.807) is 0 Å². The van der Waals surface area contributed by atoms with Crippen molar-refractivity contribution in [2.24, 2.45) is 0 Å². The summed E-state index contributed by atoms with van der Waals surface area (Å²) in [6.07, 6.45) is 1.88. The van der Waals surface area contributed by atoms with Gasteiger partial charge < -0.3 is 0 Å². The summed E-state index contributed by atoms with van der Waals surface area (Å²) in [5, 5.41) is 0. The van der Waals surface area contributed by atoms with Gasteiger partial charge in [0.25, 0.3) is 0 Å². The zero-order chi connectivity index (χ0) is 5.56. The first-order chi connectivity index (χ1) is 3.90. The van der Waals surface area contributed by atoms with Crippen LogP contribution in [0.25, 0.3) is 17.2 Å². The van der Waals surface area contributed by atoms with Crippen LogP contribution < -0.4 is 0 Å². The molecule has 2 aliphatic rings. The molecule has 2 aliphatic carbocycles. The summed E-state index contributed by atoms with van der Waals surface area (Å²) < 4.78 is 0. The first-order valence-electron chi connectivity index (χ1n) is 2.68. The smallest absolute Gasteiger partial charge is 0.0171 e. The van der Waals surface area contributed by atoms with E-state index in [1.807, 2.05) is 6.08 Å². The summed E-state index contributed by atoms with van der Waals surface area (Å²) in [7, 11) is 0. The Labute approximate surface area is 48.5 Å². The molecular formula is C8H6. The molecule has 0 amide bonds. The quantitative estimate of drug-likeness (QED) is 0.518. The summed E-state index contributed by atoms with van der Waals surface area (Å²) in [4.78, 5) is 0. The molecule has 0 saturated carbocycles. The van der Waals surface area contributed by atoms with E-state index in [0.29, 0.717) is 0 Å². The zero-order valence-electron chi connectivity index (χ0n) is 4.52. The van der Waals surface area contributed by atoms with Crippen molar-refractivity contribution >= 4 is 6.08 Å². The Morgan fingerprint density at radius 1 is 1.12 bits per heavy atom. The number of hydrogen-bond donors (Lipinski definition) is 0. The van der Waals surface area contributed by atoms with Crippen molar-refractivity contribution in [3.8, 4) is 11.1 Å². The summed E-state index contributed by atoms with van der Waals surface area (Å²) in [6, 6.07) is 6.44. The third kappa shape index (κ3) is 0.348. The van der Waals surface area contributed by atoms with E-state index in [2.05, 4.69) is 24.8 Å². The molecule has 0 bridgehead atoms. The Morgan fingerprint density at radius 2 is 1.75 bits per heavy atom. The first-order valence-corrected chi connectivity index (χ1v) is 2.68. The highest BCUT2D eigenvalue weighted by atomic mass is 14.1. The van der Waals surface area contributed by atoms with E-state index < -0.39 is 0 Å². The molecule has 8 heavy (non-hydrogen) atoms. The average Bonchev–Trinajstić information content (AvgIpc) is 2.40. The Bertz CT molecular complexity index is 226. The average molecular weight is 102 g/mol. The van der Waals surface area contributed by atoms with Gasteiger partial charge >= 0.3 is 0 Å². The SMILES string of the molecule is C=Cc1cc2cc-2c1. The van der Waals surface area contributed by atoms with Gasteiger partial charge in [-0.15, -0.1) is 0 Å². The fourth-order valence-electron chi connectivity index (χ4n) is 0.900. The van der Waals surface area contributed by atoms with Crippen LogP contribution >= 0.6 is 0 Å². The normalized spacial score (nSPS) is 11.0. The molecule has 0 spiro atoms. The van der Waals surface area contributed by atoms with E-state index in [1.165, 1.54) is 16.7 Å². The van der Waals surface area contributed by atoms with Crippen LogP contribution in [0.2, 0.25) is 0 Å². The largest absolute Gasteiger partial charge is 0.0985 e. The van der Waals surface area contributed by atoms with Crippen LogP contribution in [-0.2, 0) is 0 Å². The Hall–Kier alpha value is -1.04. The highest BCUT2D eigenvalue weighted by Crippen LogP contribution is 2.36. The number of rotatable bonds is 1. The number of hydrogen-bond acceptors (Lipinski definition) is 0. The minimum atomic E-state index is 1.25. The fourth-order valence-corrected chi connectivity index (χ4v) is 0.900. The Morgan fingerprint density at radius 3 is 2.12 bits per heavy atom. The van der Waals surface area contributed by atoms with Gasteiger partial charge in [-0.25, -0.2) is 0 Å². The van der Waals surface area contributed by atoms with Crippen molar-refractivity contribution in [2.45, 2.75) is 0 Å². The molecule has 0 N–H and O–H groups in total. The molecular weight excluding hydrogens is 96.1 g/mol. The van der Waals surface area contributed by atoms with Crippen LogP contribution in [-0.4, -0.2) is 0 Å². The maximum absolute atomic E-state index is 3.66. The van der Waals surface area contributed by atoms with E-state index in [0.717, 1.165) is 0 Å². The lowest BCUT2D eigenvalue weighted by Gasteiger charge is -1.74. The number of benzene rings is 1. The zero-order valence-corrected chi connectivity index (χ0v) is 4.52. The lowest BCUT2D eigenvalue weighted by atomic mass is 10.3. The molecule has 0 aliphatic heterocycles. The third-order valence-corrected chi connectivity index (χ3v) is 1.44. The van der Waals surface area contributed by atoms with E-state index >= 15 is 0 Å². The highest BCUT2D eigenvalue weighted by molar-refractivity contribution is 5.85. The van der Waals surface area contributed by atoms with Gasteiger partial charge in [-0.1, -0.05) is 12.7 Å². The molecule has 0 aromatic heterocycles. The van der Waals surface area contributed by atoms with Crippen molar-refractivity contribution in [1.82, 2.24) is 0 Å². The molecule has 0 heterocycles. The van der Waals surface area contributed by atoms with Gasteiger partial charge in [0.05, 0.1) is 0 Å². The second-order valence-corrected chi connectivity index (χ2v) is 2.05. The van der Waals surface area contributed by atoms with Crippen molar-refractivity contribution in [1.29, 1.82) is 0 Å². The monoisotopic (exact) mass is 102 g/mol. The van der Waals surface area contributed by atoms with Crippen LogP contribution in [0.3, 0.4) is 0 Å². The maximum atomic E-state index is 3.66. The lowest BCUT2D eigenvalue weighted by Crippen LogP contribution is -1.52. The predicted octanol–water partition coefficient (Wildman–Crippen LogP) is 2.31. The third-order valence-electron chi connectivity index (χ3n) is 1.44. The summed E-state index contributed by atoms with van der Waals surface area (Å²) in [5.74, 6) is 0. The van der Waals surface area contributed by atoms with Gasteiger partial charge in [-0.2, -0.15) is 0 Å². The van der Waals surface area contributed by atoms with Crippen LogP contribution in [0.15, 0.2) is 24.8 Å². The fraction of sp³-hybridized carbons (Fsp3) is 0. The summed E-state index contributed by atoms with van der Waals surface area (Å²) in [6.45, 7) is 3.66. The molecule has 0 aromatic rings. The van der Waals surface area contributed by atoms with Gasteiger partial charge in [-0.3, -0.25) is 0 Å². The van der Waals surface area contributed by atoms with Crippen LogP contribution in [0.5, 0.6) is 0 Å². The molecule has 0 radical (unpaired) electrons. The minimum absolute atomic E-state index is 1.25. The summed E-state index contributed by atoms with van der Waals surface area (Å²) in [5.41, 5.74) is 4.03. The van der Waals surface area contributed by atoms with E-state index in [4.69, 9.17) is 0 Å². The number of fused-ring (bicyclic) bond motifs is 1. The first kappa shape index (κ1) is 3.90. The van der Waals surface area contributed by atoms with Gasteiger partial charge in [-0.05, 0) is 34.9 Å². The molecule has 38 valence electrons. The van der Waals surface area contributed by atoms with Gasteiger partial charge in [0.15, 0.2) is 0 Å². The van der Waals surface area contributed by atoms with Gasteiger partial charge in [0.2, 0.25) is 0 Å². The van der Waals surface area contributed by atoms with Crippen molar-refractivity contribution in [3.05, 3.63) is 30.3 Å². The van der Waals surface area contributed by atoms with Crippen LogP contribution in [0.1, 0.15) is 5.56 Å². The van der Waals surface area contributed by atoms with Gasteiger partial charge in [0.1, 0.15) is 0 Å². The second-order valence-electron chi connectivity index (χ2n) is 2.05. The topological polar surface area (TPSA) is 0 Å². The molecule has 0 saturated heterocycles. The van der Waals surface area contributed by atoms with E-state index in [-0.39, 0.29) is 0 Å². The van der Waals surface area contributed by atoms with Crippen molar-refractivity contribution < 1.29 is 0 Å². The molecule has 0 heteroatoms. The minimum Gasteiger partial charge on any atom is -0.0985 e. The van der Waals surface area contributed by atoms with Crippen molar-refractivity contribution in [3.63, 3.8) is 0 Å². The molecule has 2 rings (SSSR count). The lowest BCUT2D eigenvalue weighted by molar-refractivity contribution is 1.88. The Balaban J connectivity index is 2.58. The van der Waals surface area contributed by atoms with Crippen LogP contribution in [0.4, 0.5) is 0 Å². The van der Waals surface area contributed by atoms with Crippen molar-refractivity contribution in [2.75, 3.05) is 0 Å². The molecule has 0 fully saturated rings. The van der Waals surface area contributed by atoms with Gasteiger partial charge in [0, 0.05) is 0 Å². The molecule has 0 unspecified atom stereocenters. The molecule has 0 nitrogen and oxygen atoms in total. The predicted molar refractivity (Wildman–Crippen MR) is 35.5 cm³/mol. The second kappa shape index (κ2) is 1.03. The summed E-state index contributed by atoms with van der Waals surface area (Å²) >= 11 is 0. The molecule has 0 atom stereocenters. The highest BCUT2D eigenvalue weighted by Gasteiger charge is 2.11. The standard InChI is InChI=1S/C8H6/c1-2-6-3-7-5-8(7)4-6/h2-5H,1H2. The molecule has 0 aromatic carbocycles. The maximum Gasteiger partial charge on any atom is -0.0171 e.